The van der Waals surface area contributed by atoms with E-state index in [-0.39, 0.29) is 5.78 Å². The summed E-state index contributed by atoms with van der Waals surface area (Å²) < 4.78 is 0. The van der Waals surface area contributed by atoms with E-state index >= 15 is 0 Å². The number of aromatic nitrogens is 1. The second-order valence-electron chi connectivity index (χ2n) is 4.85. The van der Waals surface area contributed by atoms with Gasteiger partial charge in [-0.25, -0.2) is 4.98 Å². The van der Waals surface area contributed by atoms with Crippen LogP contribution in [0.1, 0.15) is 50.4 Å². The third-order valence-corrected chi connectivity index (χ3v) is 3.67. The number of hydrogen-bond acceptors (Lipinski definition) is 3. The van der Waals surface area contributed by atoms with E-state index in [1.165, 1.54) is 12.8 Å². The Balaban J connectivity index is 2.32. The number of Topliss-reactive ketones (excluding diaryl/α,β-unsaturated/α-hetero) is 1. The van der Waals surface area contributed by atoms with E-state index in [2.05, 4.69) is 23.7 Å². The Labute approximate surface area is 103 Å². The number of ketones is 1. The fraction of sp³-hybridized carbons (Fsp3) is 0.571. The summed E-state index contributed by atoms with van der Waals surface area (Å²) in [4.78, 5) is 18.2. The van der Waals surface area contributed by atoms with Crippen LogP contribution in [0.4, 0.5) is 5.82 Å². The first-order chi connectivity index (χ1) is 8.13. The molecule has 1 aromatic heterocycles. The molecule has 2 heterocycles. The van der Waals surface area contributed by atoms with Gasteiger partial charge in [0.05, 0.1) is 0 Å². The van der Waals surface area contributed by atoms with Gasteiger partial charge in [0.1, 0.15) is 5.82 Å². The highest BCUT2D eigenvalue weighted by Gasteiger charge is 2.30. The molecule has 0 saturated carbocycles. The lowest BCUT2D eigenvalue weighted by atomic mass is 10.1. The molecule has 0 aliphatic carbocycles. The highest BCUT2D eigenvalue weighted by molar-refractivity contribution is 5.94. The van der Waals surface area contributed by atoms with Crippen LogP contribution in [0, 0.1) is 0 Å². The predicted octanol–water partition coefficient (Wildman–Crippen LogP) is 3.05. The van der Waals surface area contributed by atoms with E-state index in [4.69, 9.17) is 0 Å². The number of anilines is 1. The van der Waals surface area contributed by atoms with Crippen LogP contribution in [0.25, 0.3) is 0 Å². The molecule has 0 amide bonds. The van der Waals surface area contributed by atoms with Crippen LogP contribution in [-0.2, 0) is 0 Å². The Hall–Kier alpha value is -1.38. The molecule has 1 aliphatic rings. The van der Waals surface area contributed by atoms with Crippen molar-refractivity contribution in [2.24, 2.45) is 0 Å². The normalized spacial score (nSPS) is 24.1. The molecule has 92 valence electrons. The molecule has 3 nitrogen and oxygen atoms in total. The zero-order valence-corrected chi connectivity index (χ0v) is 10.8. The van der Waals surface area contributed by atoms with Gasteiger partial charge in [0.15, 0.2) is 5.78 Å². The molecule has 2 unspecified atom stereocenters. The van der Waals surface area contributed by atoms with Crippen LogP contribution in [-0.4, -0.2) is 22.9 Å². The second kappa shape index (κ2) is 4.86. The lowest BCUT2D eigenvalue weighted by Crippen LogP contribution is -2.34. The molecule has 1 fully saturated rings. The maximum Gasteiger partial charge on any atom is 0.159 e. The van der Waals surface area contributed by atoms with Gasteiger partial charge in [-0.3, -0.25) is 4.79 Å². The molecule has 2 rings (SSSR count). The molecule has 3 heteroatoms. The SMILES string of the molecule is CCC1CCC(C)N1c1cc(C(C)=O)ccn1. The van der Waals surface area contributed by atoms with Crippen molar-refractivity contribution in [1.29, 1.82) is 0 Å². The van der Waals surface area contributed by atoms with Crippen LogP contribution >= 0.6 is 0 Å². The van der Waals surface area contributed by atoms with Crippen molar-refractivity contribution in [3.63, 3.8) is 0 Å². The quantitative estimate of drug-likeness (QED) is 0.751. The number of nitrogens with zero attached hydrogens (tertiary/aromatic N) is 2. The molecule has 0 spiro atoms. The third-order valence-electron chi connectivity index (χ3n) is 3.67. The lowest BCUT2D eigenvalue weighted by Gasteiger charge is -2.29. The maximum atomic E-state index is 11.4. The average Bonchev–Trinajstić information content (AvgIpc) is 2.70. The second-order valence-corrected chi connectivity index (χ2v) is 4.85. The number of rotatable bonds is 3. The summed E-state index contributed by atoms with van der Waals surface area (Å²) in [5, 5.41) is 0. The van der Waals surface area contributed by atoms with E-state index < -0.39 is 0 Å². The van der Waals surface area contributed by atoms with Crippen molar-refractivity contribution in [3.05, 3.63) is 23.9 Å². The summed E-state index contributed by atoms with van der Waals surface area (Å²) in [7, 11) is 0. The van der Waals surface area contributed by atoms with Crippen molar-refractivity contribution < 1.29 is 4.79 Å². The van der Waals surface area contributed by atoms with Crippen LogP contribution in [0.15, 0.2) is 18.3 Å². The standard InChI is InChI=1S/C14H20N2O/c1-4-13-6-5-10(2)16(13)14-9-12(11(3)17)7-8-15-14/h7-10,13H,4-6H2,1-3H3. The van der Waals surface area contributed by atoms with Gasteiger partial charge in [-0.1, -0.05) is 6.92 Å². The Morgan fingerprint density at radius 1 is 1.53 bits per heavy atom. The molecule has 2 atom stereocenters. The maximum absolute atomic E-state index is 11.4. The minimum absolute atomic E-state index is 0.105. The van der Waals surface area contributed by atoms with Crippen molar-refractivity contribution in [3.8, 4) is 0 Å². The first-order valence-corrected chi connectivity index (χ1v) is 6.38. The van der Waals surface area contributed by atoms with Gasteiger partial charge in [0, 0.05) is 23.8 Å². The van der Waals surface area contributed by atoms with E-state index in [1.807, 2.05) is 6.07 Å². The van der Waals surface area contributed by atoms with Crippen molar-refractivity contribution in [2.45, 2.75) is 52.1 Å². The molecule has 0 radical (unpaired) electrons. The minimum atomic E-state index is 0.105. The summed E-state index contributed by atoms with van der Waals surface area (Å²) in [6.45, 7) is 6.05. The summed E-state index contributed by atoms with van der Waals surface area (Å²) >= 11 is 0. The average molecular weight is 232 g/mol. The number of carbonyl (C=O) groups is 1. The van der Waals surface area contributed by atoms with Crippen LogP contribution in [0.2, 0.25) is 0 Å². The Kier molecular flexibility index (Phi) is 3.46. The Morgan fingerprint density at radius 3 is 2.94 bits per heavy atom. The number of carbonyl (C=O) groups excluding carboxylic acids is 1. The van der Waals surface area contributed by atoms with Crippen LogP contribution in [0.3, 0.4) is 0 Å². The molecule has 1 aliphatic heterocycles. The molecule has 0 N–H and O–H groups in total. The van der Waals surface area contributed by atoms with Crippen molar-refractivity contribution >= 4 is 11.6 Å². The van der Waals surface area contributed by atoms with Gasteiger partial charge in [-0.15, -0.1) is 0 Å². The van der Waals surface area contributed by atoms with E-state index in [1.54, 1.807) is 19.2 Å². The molecule has 1 saturated heterocycles. The highest BCUT2D eigenvalue weighted by atomic mass is 16.1. The van der Waals surface area contributed by atoms with Crippen molar-refractivity contribution in [2.75, 3.05) is 4.90 Å². The Morgan fingerprint density at radius 2 is 2.29 bits per heavy atom. The van der Waals surface area contributed by atoms with Gasteiger partial charge in [-0.05, 0) is 45.2 Å². The molecule has 17 heavy (non-hydrogen) atoms. The largest absolute Gasteiger partial charge is 0.351 e. The van der Waals surface area contributed by atoms with E-state index in [0.29, 0.717) is 12.1 Å². The fourth-order valence-electron chi connectivity index (χ4n) is 2.66. The predicted molar refractivity (Wildman–Crippen MR) is 69.5 cm³/mol. The van der Waals surface area contributed by atoms with Crippen LogP contribution < -0.4 is 4.90 Å². The molecule has 0 bridgehead atoms. The van der Waals surface area contributed by atoms with Gasteiger partial charge in [0.25, 0.3) is 0 Å². The van der Waals surface area contributed by atoms with Crippen molar-refractivity contribution in [1.82, 2.24) is 4.98 Å². The summed E-state index contributed by atoms with van der Waals surface area (Å²) in [5.41, 5.74) is 0.754. The topological polar surface area (TPSA) is 33.2 Å². The van der Waals surface area contributed by atoms with Gasteiger partial charge >= 0.3 is 0 Å². The molecular weight excluding hydrogens is 212 g/mol. The number of hydrogen-bond donors (Lipinski definition) is 0. The molecular formula is C14H20N2O. The molecule has 1 aromatic rings. The van der Waals surface area contributed by atoms with Gasteiger partial charge in [-0.2, -0.15) is 0 Å². The third kappa shape index (κ3) is 2.33. The zero-order valence-electron chi connectivity index (χ0n) is 10.8. The molecule has 0 aromatic carbocycles. The summed E-state index contributed by atoms with van der Waals surface area (Å²) in [5.74, 6) is 1.06. The first-order valence-electron chi connectivity index (χ1n) is 6.38. The Bertz CT molecular complexity index is 416. The van der Waals surface area contributed by atoms with E-state index in [9.17, 15) is 4.79 Å². The monoisotopic (exact) mass is 232 g/mol. The van der Waals surface area contributed by atoms with Gasteiger partial charge < -0.3 is 4.90 Å². The van der Waals surface area contributed by atoms with Crippen LogP contribution in [0.5, 0.6) is 0 Å². The zero-order chi connectivity index (χ0) is 12.4. The number of pyridine rings is 1. The van der Waals surface area contributed by atoms with E-state index in [0.717, 1.165) is 17.8 Å². The summed E-state index contributed by atoms with van der Waals surface area (Å²) in [6, 6.07) is 4.80. The first kappa shape index (κ1) is 12.1. The summed E-state index contributed by atoms with van der Waals surface area (Å²) in [6.07, 6.45) is 5.31. The lowest BCUT2D eigenvalue weighted by molar-refractivity contribution is 0.101. The van der Waals surface area contributed by atoms with Gasteiger partial charge in [0.2, 0.25) is 0 Å². The smallest absolute Gasteiger partial charge is 0.159 e. The fourth-order valence-corrected chi connectivity index (χ4v) is 2.66. The minimum Gasteiger partial charge on any atom is -0.351 e. The highest BCUT2D eigenvalue weighted by Crippen LogP contribution is 2.30.